The number of aliphatic hydroxyl groups is 1. The first-order valence-corrected chi connectivity index (χ1v) is 6.99. The Hall–Kier alpha value is -0.610. The minimum atomic E-state index is -0.707. The molecule has 0 rings (SSSR count). The Balaban J connectivity index is 4.58. The zero-order valence-electron chi connectivity index (χ0n) is 12.5. The fourth-order valence-corrected chi connectivity index (χ4v) is 2.56. The molecule has 0 saturated carbocycles. The van der Waals surface area contributed by atoms with Gasteiger partial charge < -0.3 is 14.7 Å². The highest BCUT2D eigenvalue weighted by Gasteiger charge is 2.33. The van der Waals surface area contributed by atoms with Crippen LogP contribution in [0.1, 0.15) is 46.5 Å². The molecule has 0 amide bonds. The van der Waals surface area contributed by atoms with Crippen LogP contribution in [0.4, 0.5) is 0 Å². The highest BCUT2D eigenvalue weighted by molar-refractivity contribution is 5.70. The normalized spacial score (nSPS) is 17.2. The van der Waals surface area contributed by atoms with E-state index in [9.17, 15) is 15.0 Å². The second-order valence-electron chi connectivity index (χ2n) is 5.91. The van der Waals surface area contributed by atoms with Crippen molar-refractivity contribution in [3.8, 4) is 0 Å². The van der Waals surface area contributed by atoms with Gasteiger partial charge in [0.25, 0.3) is 0 Å². The SMILES string of the molecule is CCCCC(C(=O)O)C(C)C[N+](C)(C)C(O)CC. The molecule has 3 unspecified atom stereocenters. The van der Waals surface area contributed by atoms with Gasteiger partial charge in [0.15, 0.2) is 6.23 Å². The van der Waals surface area contributed by atoms with Gasteiger partial charge >= 0.3 is 5.97 Å². The maximum atomic E-state index is 11.3. The monoisotopic (exact) mass is 260 g/mol. The third-order valence-corrected chi connectivity index (χ3v) is 3.80. The summed E-state index contributed by atoms with van der Waals surface area (Å²) in [5.41, 5.74) is 0. The second kappa shape index (κ2) is 7.74. The molecular formula is C14H30NO3+. The van der Waals surface area contributed by atoms with Gasteiger partial charge in [-0.15, -0.1) is 0 Å². The van der Waals surface area contributed by atoms with E-state index >= 15 is 0 Å². The minimum absolute atomic E-state index is 0.0743. The number of carbonyl (C=O) groups is 1. The summed E-state index contributed by atoms with van der Waals surface area (Å²) in [4.78, 5) is 11.3. The van der Waals surface area contributed by atoms with E-state index in [-0.39, 0.29) is 11.8 Å². The predicted molar refractivity (Wildman–Crippen MR) is 73.1 cm³/mol. The fourth-order valence-electron chi connectivity index (χ4n) is 2.56. The van der Waals surface area contributed by atoms with Crippen LogP contribution in [-0.4, -0.2) is 47.5 Å². The Morgan fingerprint density at radius 1 is 1.28 bits per heavy atom. The summed E-state index contributed by atoms with van der Waals surface area (Å²) < 4.78 is 0.466. The highest BCUT2D eigenvalue weighted by atomic mass is 16.4. The number of hydrogen-bond acceptors (Lipinski definition) is 2. The average Bonchev–Trinajstić information content (AvgIpc) is 2.27. The van der Waals surface area contributed by atoms with Crippen LogP contribution in [-0.2, 0) is 4.79 Å². The molecule has 0 aliphatic heterocycles. The molecular weight excluding hydrogens is 230 g/mol. The number of aliphatic hydroxyl groups excluding tert-OH is 1. The molecule has 2 N–H and O–H groups in total. The second-order valence-corrected chi connectivity index (χ2v) is 5.91. The Labute approximate surface area is 111 Å². The molecule has 0 radical (unpaired) electrons. The molecule has 0 aliphatic carbocycles. The summed E-state index contributed by atoms with van der Waals surface area (Å²) in [5, 5.41) is 19.2. The first-order valence-electron chi connectivity index (χ1n) is 6.99. The van der Waals surface area contributed by atoms with Crippen molar-refractivity contribution in [1.82, 2.24) is 0 Å². The maximum absolute atomic E-state index is 11.3. The molecule has 4 heteroatoms. The molecule has 0 heterocycles. The molecule has 0 spiro atoms. The molecule has 3 atom stereocenters. The quantitative estimate of drug-likeness (QED) is 0.494. The number of aliphatic carboxylic acids is 1. The summed E-state index contributed by atoms with van der Waals surface area (Å²) in [7, 11) is 3.92. The van der Waals surface area contributed by atoms with Gasteiger partial charge in [-0.3, -0.25) is 4.79 Å². The molecule has 0 fully saturated rings. The van der Waals surface area contributed by atoms with Gasteiger partial charge in [-0.05, 0) is 6.42 Å². The third kappa shape index (κ3) is 5.36. The predicted octanol–water partition coefficient (Wildman–Crippen LogP) is 2.32. The summed E-state index contributed by atoms with van der Waals surface area (Å²) in [6.45, 7) is 6.69. The molecule has 0 aromatic heterocycles. The smallest absolute Gasteiger partial charge is 0.306 e. The fraction of sp³-hybridized carbons (Fsp3) is 0.929. The van der Waals surface area contributed by atoms with Gasteiger partial charge in [-0.1, -0.05) is 33.6 Å². The van der Waals surface area contributed by atoms with Crippen molar-refractivity contribution in [2.75, 3.05) is 20.6 Å². The van der Waals surface area contributed by atoms with Crippen LogP contribution >= 0.6 is 0 Å². The lowest BCUT2D eigenvalue weighted by molar-refractivity contribution is -0.939. The summed E-state index contributed by atoms with van der Waals surface area (Å²) >= 11 is 0. The van der Waals surface area contributed by atoms with Gasteiger partial charge in [0.05, 0.1) is 26.6 Å². The van der Waals surface area contributed by atoms with E-state index in [4.69, 9.17) is 0 Å². The largest absolute Gasteiger partial charge is 0.481 e. The lowest BCUT2D eigenvalue weighted by Crippen LogP contribution is -2.52. The third-order valence-electron chi connectivity index (χ3n) is 3.80. The first-order chi connectivity index (χ1) is 8.26. The minimum Gasteiger partial charge on any atom is -0.481 e. The average molecular weight is 260 g/mol. The van der Waals surface area contributed by atoms with Crippen LogP contribution in [0.5, 0.6) is 0 Å². The van der Waals surface area contributed by atoms with Crippen LogP contribution < -0.4 is 0 Å². The molecule has 108 valence electrons. The topological polar surface area (TPSA) is 57.5 Å². The Morgan fingerprint density at radius 2 is 1.83 bits per heavy atom. The lowest BCUT2D eigenvalue weighted by Gasteiger charge is -2.37. The van der Waals surface area contributed by atoms with Crippen LogP contribution in [0, 0.1) is 11.8 Å². The van der Waals surface area contributed by atoms with Gasteiger partial charge in [-0.25, -0.2) is 0 Å². The Bertz CT molecular complexity index is 253. The molecule has 0 aromatic carbocycles. The highest BCUT2D eigenvalue weighted by Crippen LogP contribution is 2.23. The number of quaternary nitrogens is 1. The summed E-state index contributed by atoms with van der Waals surface area (Å²) in [6, 6.07) is 0. The molecule has 18 heavy (non-hydrogen) atoms. The van der Waals surface area contributed by atoms with Gasteiger partial charge in [0, 0.05) is 12.3 Å². The summed E-state index contributed by atoms with van der Waals surface area (Å²) in [5.74, 6) is -0.932. The van der Waals surface area contributed by atoms with Crippen molar-refractivity contribution in [2.24, 2.45) is 11.8 Å². The standard InChI is InChI=1S/C14H29NO3/c1-6-8-9-12(14(17)18)11(3)10-15(4,5)13(16)7-2/h11-13,16H,6-10H2,1-5H3/p+1. The van der Waals surface area contributed by atoms with E-state index in [0.29, 0.717) is 17.4 Å². The van der Waals surface area contributed by atoms with Gasteiger partial charge in [0.1, 0.15) is 0 Å². The van der Waals surface area contributed by atoms with E-state index < -0.39 is 12.2 Å². The van der Waals surface area contributed by atoms with Crippen molar-refractivity contribution in [1.29, 1.82) is 0 Å². The van der Waals surface area contributed by atoms with Crippen LogP contribution in [0.15, 0.2) is 0 Å². The van der Waals surface area contributed by atoms with Gasteiger partial charge in [0.2, 0.25) is 0 Å². The van der Waals surface area contributed by atoms with E-state index in [1.807, 2.05) is 27.9 Å². The zero-order chi connectivity index (χ0) is 14.3. The van der Waals surface area contributed by atoms with Crippen molar-refractivity contribution in [3.05, 3.63) is 0 Å². The van der Waals surface area contributed by atoms with E-state index in [1.165, 1.54) is 0 Å². The number of unbranched alkanes of at least 4 members (excludes halogenated alkanes) is 1. The van der Waals surface area contributed by atoms with Gasteiger partial charge in [-0.2, -0.15) is 0 Å². The number of nitrogens with zero attached hydrogens (tertiary/aromatic N) is 1. The maximum Gasteiger partial charge on any atom is 0.306 e. The molecule has 4 nitrogen and oxygen atoms in total. The molecule has 0 saturated heterocycles. The number of rotatable bonds is 9. The Morgan fingerprint density at radius 3 is 2.22 bits per heavy atom. The Kier molecular flexibility index (Phi) is 7.48. The number of hydrogen-bond donors (Lipinski definition) is 2. The molecule has 0 aromatic rings. The van der Waals surface area contributed by atoms with Crippen LogP contribution in [0.25, 0.3) is 0 Å². The first kappa shape index (κ1) is 17.4. The number of carboxylic acid groups (broad SMARTS) is 1. The van der Waals surface area contributed by atoms with Crippen molar-refractivity contribution in [2.45, 2.75) is 52.7 Å². The lowest BCUT2D eigenvalue weighted by atomic mass is 9.88. The summed E-state index contributed by atoms with van der Waals surface area (Å²) in [6.07, 6.45) is 2.96. The van der Waals surface area contributed by atoms with Crippen LogP contribution in [0.2, 0.25) is 0 Å². The van der Waals surface area contributed by atoms with Crippen molar-refractivity contribution >= 4 is 5.97 Å². The van der Waals surface area contributed by atoms with E-state index in [1.54, 1.807) is 0 Å². The van der Waals surface area contributed by atoms with E-state index in [2.05, 4.69) is 6.92 Å². The van der Waals surface area contributed by atoms with Crippen molar-refractivity contribution < 1.29 is 19.5 Å². The molecule has 0 aliphatic rings. The zero-order valence-corrected chi connectivity index (χ0v) is 12.5. The van der Waals surface area contributed by atoms with E-state index in [0.717, 1.165) is 19.3 Å². The van der Waals surface area contributed by atoms with Crippen LogP contribution in [0.3, 0.4) is 0 Å². The van der Waals surface area contributed by atoms with Crippen molar-refractivity contribution in [3.63, 3.8) is 0 Å². The number of carboxylic acids is 1. The molecule has 0 bridgehead atoms.